The average molecular weight is 394 g/mol. The van der Waals surface area contributed by atoms with Crippen LogP contribution in [0.1, 0.15) is 22.4 Å². The quantitative estimate of drug-likeness (QED) is 0.326. The number of fused-ring (bicyclic) bond motifs is 3. The molecule has 5 rings (SSSR count). The van der Waals surface area contributed by atoms with Crippen LogP contribution in [0.15, 0.2) is 65.2 Å². The number of nitrogens with zero attached hydrogens (tertiary/aromatic N) is 2. The van der Waals surface area contributed by atoms with E-state index in [1.807, 2.05) is 6.92 Å². The van der Waals surface area contributed by atoms with Crippen molar-refractivity contribution in [1.82, 2.24) is 4.98 Å². The van der Waals surface area contributed by atoms with Crippen molar-refractivity contribution in [2.75, 3.05) is 0 Å². The maximum atomic E-state index is 6.39. The van der Waals surface area contributed by atoms with Crippen LogP contribution in [0.3, 0.4) is 0 Å². The Balaban J connectivity index is 1.95. The van der Waals surface area contributed by atoms with E-state index in [0.717, 1.165) is 33.3 Å². The van der Waals surface area contributed by atoms with E-state index in [1.54, 1.807) is 0 Å². The fraction of sp³-hybridized carbons (Fsp3) is 0.185. The SMILES string of the molecule is Cc1ccc(-c2cc(-c3ccccc3)c3c(oc4nc(C)c(C)cc43)c2C)[n+](C)c1. The van der Waals surface area contributed by atoms with E-state index in [1.165, 1.54) is 27.8 Å². The number of furan rings is 1. The Morgan fingerprint density at radius 2 is 1.63 bits per heavy atom. The zero-order valence-electron chi connectivity index (χ0n) is 18.1. The molecule has 0 unspecified atom stereocenters. The highest BCUT2D eigenvalue weighted by Crippen LogP contribution is 2.42. The molecule has 3 heterocycles. The van der Waals surface area contributed by atoms with Crippen LogP contribution >= 0.6 is 0 Å². The largest absolute Gasteiger partial charge is 0.437 e. The second-order valence-electron chi connectivity index (χ2n) is 8.21. The molecule has 3 aromatic heterocycles. The molecule has 0 atom stereocenters. The Morgan fingerprint density at radius 3 is 2.37 bits per heavy atom. The summed E-state index contributed by atoms with van der Waals surface area (Å²) in [5.41, 5.74) is 10.9. The molecule has 5 aromatic rings. The third-order valence-electron chi connectivity index (χ3n) is 6.07. The van der Waals surface area contributed by atoms with E-state index in [9.17, 15) is 0 Å². The summed E-state index contributed by atoms with van der Waals surface area (Å²) in [4.78, 5) is 4.75. The van der Waals surface area contributed by atoms with Crippen molar-refractivity contribution < 1.29 is 8.98 Å². The van der Waals surface area contributed by atoms with E-state index in [2.05, 4.69) is 93.2 Å². The normalized spacial score (nSPS) is 11.5. The van der Waals surface area contributed by atoms with Gasteiger partial charge in [-0.25, -0.2) is 9.55 Å². The summed E-state index contributed by atoms with van der Waals surface area (Å²) in [7, 11) is 2.10. The standard InChI is InChI=1S/C27H25N2O/c1-16-11-12-24(29(5)15-16)21-14-22(20-9-7-6-8-10-20)25-23-13-17(2)19(4)28-27(23)30-26(25)18(21)3/h6-15H,1-5H3/q+1. The lowest BCUT2D eigenvalue weighted by atomic mass is 9.92. The lowest BCUT2D eigenvalue weighted by Gasteiger charge is -2.11. The molecule has 0 radical (unpaired) electrons. The summed E-state index contributed by atoms with van der Waals surface area (Å²) >= 11 is 0. The molecule has 0 N–H and O–H groups in total. The van der Waals surface area contributed by atoms with Crippen molar-refractivity contribution in [1.29, 1.82) is 0 Å². The number of pyridine rings is 2. The van der Waals surface area contributed by atoms with E-state index in [-0.39, 0.29) is 0 Å². The molecule has 3 heteroatoms. The van der Waals surface area contributed by atoms with Gasteiger partial charge in [-0.05, 0) is 62.6 Å². The van der Waals surface area contributed by atoms with E-state index < -0.39 is 0 Å². The van der Waals surface area contributed by atoms with Gasteiger partial charge in [-0.1, -0.05) is 30.3 Å². The Morgan fingerprint density at radius 1 is 0.867 bits per heavy atom. The van der Waals surface area contributed by atoms with Gasteiger partial charge in [-0.2, -0.15) is 0 Å². The fourth-order valence-corrected chi connectivity index (χ4v) is 4.33. The summed E-state index contributed by atoms with van der Waals surface area (Å²) < 4.78 is 8.57. The van der Waals surface area contributed by atoms with Crippen LogP contribution in [-0.4, -0.2) is 4.98 Å². The molecule has 2 aromatic carbocycles. The van der Waals surface area contributed by atoms with Gasteiger partial charge in [0.25, 0.3) is 0 Å². The van der Waals surface area contributed by atoms with Crippen molar-refractivity contribution in [3.8, 4) is 22.4 Å². The molecule has 0 spiro atoms. The average Bonchev–Trinajstić information content (AvgIpc) is 3.09. The molecule has 0 aliphatic carbocycles. The summed E-state index contributed by atoms with van der Waals surface area (Å²) in [6.07, 6.45) is 2.16. The van der Waals surface area contributed by atoms with Crippen LogP contribution in [-0.2, 0) is 7.05 Å². The predicted molar refractivity (Wildman–Crippen MR) is 123 cm³/mol. The van der Waals surface area contributed by atoms with Crippen LogP contribution in [0.5, 0.6) is 0 Å². The smallest absolute Gasteiger partial charge is 0.227 e. The highest BCUT2D eigenvalue weighted by molar-refractivity contribution is 6.14. The highest BCUT2D eigenvalue weighted by Gasteiger charge is 2.22. The second kappa shape index (κ2) is 6.81. The molecule has 0 saturated heterocycles. The first-order valence-electron chi connectivity index (χ1n) is 10.3. The van der Waals surface area contributed by atoms with Crippen LogP contribution in [0.2, 0.25) is 0 Å². The Bertz CT molecular complexity index is 1430. The number of benzene rings is 2. The lowest BCUT2D eigenvalue weighted by Crippen LogP contribution is -2.31. The zero-order chi connectivity index (χ0) is 21.0. The van der Waals surface area contributed by atoms with Crippen molar-refractivity contribution >= 4 is 22.1 Å². The third-order valence-corrected chi connectivity index (χ3v) is 6.07. The topological polar surface area (TPSA) is 29.9 Å². The maximum Gasteiger partial charge on any atom is 0.227 e. The monoisotopic (exact) mass is 393 g/mol. The van der Waals surface area contributed by atoms with Gasteiger partial charge in [0, 0.05) is 33.7 Å². The van der Waals surface area contributed by atoms with E-state index >= 15 is 0 Å². The first kappa shape index (κ1) is 18.6. The van der Waals surface area contributed by atoms with Crippen LogP contribution in [0.25, 0.3) is 44.5 Å². The number of aryl methyl sites for hydroxylation is 5. The molecular weight excluding hydrogens is 368 g/mol. The van der Waals surface area contributed by atoms with Crippen molar-refractivity contribution in [2.45, 2.75) is 27.7 Å². The zero-order valence-corrected chi connectivity index (χ0v) is 18.1. The molecule has 148 valence electrons. The minimum absolute atomic E-state index is 0.707. The molecule has 0 aliphatic rings. The Kier molecular flexibility index (Phi) is 4.21. The number of hydrogen-bond donors (Lipinski definition) is 0. The van der Waals surface area contributed by atoms with Gasteiger partial charge in [0.15, 0.2) is 6.20 Å². The molecule has 0 amide bonds. The van der Waals surface area contributed by atoms with Gasteiger partial charge in [-0.15, -0.1) is 0 Å². The molecule has 30 heavy (non-hydrogen) atoms. The first-order chi connectivity index (χ1) is 14.4. The maximum absolute atomic E-state index is 6.39. The van der Waals surface area contributed by atoms with E-state index in [0.29, 0.717) is 5.71 Å². The van der Waals surface area contributed by atoms with E-state index in [4.69, 9.17) is 9.40 Å². The minimum Gasteiger partial charge on any atom is -0.437 e. The summed E-state index contributed by atoms with van der Waals surface area (Å²) in [6, 6.07) is 19.4. The van der Waals surface area contributed by atoms with Crippen molar-refractivity contribution in [3.63, 3.8) is 0 Å². The summed E-state index contributed by atoms with van der Waals surface area (Å²) in [5, 5.41) is 2.22. The van der Waals surface area contributed by atoms with Crippen LogP contribution in [0, 0.1) is 27.7 Å². The lowest BCUT2D eigenvalue weighted by molar-refractivity contribution is -0.660. The third kappa shape index (κ3) is 2.81. The van der Waals surface area contributed by atoms with Gasteiger partial charge >= 0.3 is 0 Å². The molecule has 0 fully saturated rings. The molecule has 0 bridgehead atoms. The van der Waals surface area contributed by atoms with Gasteiger partial charge in [0.2, 0.25) is 11.4 Å². The molecule has 0 saturated carbocycles. The van der Waals surface area contributed by atoms with Crippen molar-refractivity contribution in [2.24, 2.45) is 7.05 Å². The van der Waals surface area contributed by atoms with Gasteiger partial charge in [0.1, 0.15) is 12.6 Å². The summed E-state index contributed by atoms with van der Waals surface area (Å²) in [6.45, 7) is 8.40. The second-order valence-corrected chi connectivity index (χ2v) is 8.21. The Hall–Kier alpha value is -3.46. The Labute approximate surface area is 176 Å². The number of rotatable bonds is 2. The predicted octanol–water partition coefficient (Wildman–Crippen LogP) is 6.37. The molecular formula is C27H25N2O+. The first-order valence-corrected chi connectivity index (χ1v) is 10.3. The van der Waals surface area contributed by atoms with Gasteiger partial charge in [0.05, 0.1) is 5.56 Å². The van der Waals surface area contributed by atoms with Gasteiger partial charge in [-0.3, -0.25) is 0 Å². The fourth-order valence-electron chi connectivity index (χ4n) is 4.33. The molecule has 0 aliphatic heterocycles. The van der Waals surface area contributed by atoms with Gasteiger partial charge < -0.3 is 4.42 Å². The molecule has 3 nitrogen and oxygen atoms in total. The summed E-state index contributed by atoms with van der Waals surface area (Å²) in [5.74, 6) is 0. The van der Waals surface area contributed by atoms with Crippen LogP contribution in [0.4, 0.5) is 0 Å². The highest BCUT2D eigenvalue weighted by atomic mass is 16.3. The number of hydrogen-bond acceptors (Lipinski definition) is 2. The number of aromatic nitrogens is 2. The minimum atomic E-state index is 0.707. The van der Waals surface area contributed by atoms with Crippen LogP contribution < -0.4 is 4.57 Å². The van der Waals surface area contributed by atoms with Crippen molar-refractivity contribution in [3.05, 3.63) is 83.2 Å².